The number of amides is 2. The summed E-state index contributed by atoms with van der Waals surface area (Å²) in [6.45, 7) is 13.4. The molecule has 1 aliphatic heterocycles. The number of ether oxygens (including phenoxy) is 1. The number of nitrogens with zero attached hydrogens (tertiary/aromatic N) is 1. The topological polar surface area (TPSA) is 58.6 Å². The molecule has 6 heteroatoms. The first kappa shape index (κ1) is 23.9. The van der Waals surface area contributed by atoms with Gasteiger partial charge in [0.15, 0.2) is 0 Å². The van der Waals surface area contributed by atoms with Gasteiger partial charge in [-0.1, -0.05) is 44.0 Å². The third kappa shape index (κ3) is 5.54. The van der Waals surface area contributed by atoms with E-state index in [2.05, 4.69) is 31.3 Å². The van der Waals surface area contributed by atoms with Crippen LogP contribution in [-0.4, -0.2) is 41.1 Å². The van der Waals surface area contributed by atoms with Crippen LogP contribution < -0.4 is 5.32 Å². The average molecular weight is 449 g/mol. The van der Waals surface area contributed by atoms with Crippen molar-refractivity contribution < 1.29 is 14.3 Å². The molecule has 31 heavy (non-hydrogen) atoms. The van der Waals surface area contributed by atoms with Gasteiger partial charge < -0.3 is 15.0 Å². The van der Waals surface area contributed by atoms with E-state index in [9.17, 15) is 9.59 Å². The zero-order valence-corrected chi connectivity index (χ0v) is 20.5. The molecular formula is C25H37ClN2O3. The largest absolute Gasteiger partial charge is 0.444 e. The smallest absolute Gasteiger partial charge is 0.408 e. The summed E-state index contributed by atoms with van der Waals surface area (Å²) >= 11 is 6.07. The van der Waals surface area contributed by atoms with Gasteiger partial charge >= 0.3 is 6.09 Å². The van der Waals surface area contributed by atoms with Crippen LogP contribution in [0.4, 0.5) is 4.79 Å². The predicted molar refractivity (Wildman–Crippen MR) is 124 cm³/mol. The number of benzene rings is 1. The molecule has 1 unspecified atom stereocenters. The van der Waals surface area contributed by atoms with Gasteiger partial charge in [0.25, 0.3) is 0 Å². The molecule has 5 nitrogen and oxygen atoms in total. The lowest BCUT2D eigenvalue weighted by atomic mass is 9.70. The highest BCUT2D eigenvalue weighted by molar-refractivity contribution is 6.30. The minimum absolute atomic E-state index is 0.0463. The second kappa shape index (κ2) is 8.65. The zero-order valence-electron chi connectivity index (χ0n) is 19.8. The van der Waals surface area contributed by atoms with Crippen molar-refractivity contribution in [3.8, 4) is 0 Å². The Balaban J connectivity index is 1.69. The molecule has 2 amide bonds. The number of alkyl carbamates (subject to hydrolysis) is 1. The number of hydrogen-bond acceptors (Lipinski definition) is 3. The highest BCUT2D eigenvalue weighted by atomic mass is 35.5. The van der Waals surface area contributed by atoms with Crippen molar-refractivity contribution in [3.05, 3.63) is 34.9 Å². The molecule has 172 valence electrons. The molecule has 0 bridgehead atoms. The number of carbonyl (C=O) groups is 2. The highest BCUT2D eigenvalue weighted by Crippen LogP contribution is 2.44. The Morgan fingerprint density at radius 2 is 1.77 bits per heavy atom. The average Bonchev–Trinajstić information content (AvgIpc) is 3.00. The summed E-state index contributed by atoms with van der Waals surface area (Å²) in [7, 11) is 0. The first-order valence-electron chi connectivity index (χ1n) is 11.4. The number of halogens is 1. The van der Waals surface area contributed by atoms with E-state index in [1.165, 1.54) is 5.56 Å². The Morgan fingerprint density at radius 3 is 2.35 bits per heavy atom. The van der Waals surface area contributed by atoms with Gasteiger partial charge in [0.05, 0.1) is 11.5 Å². The monoisotopic (exact) mass is 448 g/mol. The number of hydrogen-bond donors (Lipinski definition) is 1. The maximum atomic E-state index is 13.6. The van der Waals surface area contributed by atoms with Crippen molar-refractivity contribution in [2.45, 2.75) is 84.3 Å². The van der Waals surface area contributed by atoms with Crippen LogP contribution in [0.25, 0.3) is 0 Å². The maximum Gasteiger partial charge on any atom is 0.408 e. The normalized spacial score (nSPS) is 28.3. The maximum absolute atomic E-state index is 13.6. The molecule has 1 saturated carbocycles. The Morgan fingerprint density at radius 1 is 1.13 bits per heavy atom. The predicted octanol–water partition coefficient (Wildman–Crippen LogP) is 5.77. The number of carbonyl (C=O) groups excluding carboxylic acids is 2. The van der Waals surface area contributed by atoms with Crippen molar-refractivity contribution >= 4 is 23.6 Å². The van der Waals surface area contributed by atoms with Gasteiger partial charge in [0, 0.05) is 18.1 Å². The van der Waals surface area contributed by atoms with Crippen LogP contribution in [0.5, 0.6) is 0 Å². The number of nitrogens with one attached hydrogen (secondary N) is 1. The summed E-state index contributed by atoms with van der Waals surface area (Å²) in [5, 5.41) is 3.76. The van der Waals surface area contributed by atoms with Gasteiger partial charge in [0.1, 0.15) is 5.60 Å². The molecule has 0 radical (unpaired) electrons. The molecule has 2 aliphatic rings. The standard InChI is InChI=1S/C25H37ClN2O3/c1-23(2,3)31-22(30)27-25(6)14-7-8-20(25)21(29)28-15-13-19(24(4,5)16-28)17-9-11-18(26)12-10-17/h9-12,19-20H,7-8,13-16H2,1-6H3,(H,27,30)/t19?,20-,25-/m1/s1. The number of rotatable bonds is 3. The SMILES string of the molecule is CC(C)(C)OC(=O)N[C@]1(C)CCC[C@@H]1C(=O)N1CCC(c2ccc(Cl)cc2)C(C)(C)C1. The molecule has 3 rings (SSSR count). The first-order chi connectivity index (χ1) is 14.3. The number of likely N-dealkylation sites (tertiary alicyclic amines) is 1. The van der Waals surface area contributed by atoms with Crippen molar-refractivity contribution in [2.24, 2.45) is 11.3 Å². The Kier molecular flexibility index (Phi) is 6.67. The van der Waals surface area contributed by atoms with Gasteiger partial charge in [-0.2, -0.15) is 0 Å². The third-order valence-corrected chi connectivity index (χ3v) is 7.11. The fourth-order valence-corrected chi connectivity index (χ4v) is 5.45. The molecule has 1 aliphatic carbocycles. The van der Waals surface area contributed by atoms with Crippen LogP contribution in [0.3, 0.4) is 0 Å². The quantitative estimate of drug-likeness (QED) is 0.638. The molecule has 0 aromatic heterocycles. The Hall–Kier alpha value is -1.75. The first-order valence-corrected chi connectivity index (χ1v) is 11.7. The Labute approximate surface area is 191 Å². The van der Waals surface area contributed by atoms with Crippen LogP contribution in [0.1, 0.15) is 78.7 Å². The Bertz CT molecular complexity index is 815. The van der Waals surface area contributed by atoms with Crippen LogP contribution in [0.15, 0.2) is 24.3 Å². The van der Waals surface area contributed by atoms with E-state index >= 15 is 0 Å². The van der Waals surface area contributed by atoms with E-state index in [0.29, 0.717) is 12.5 Å². The van der Waals surface area contributed by atoms with Crippen LogP contribution >= 0.6 is 11.6 Å². The summed E-state index contributed by atoms with van der Waals surface area (Å²) in [5.74, 6) is 0.310. The summed E-state index contributed by atoms with van der Waals surface area (Å²) in [5.41, 5.74) is 0.0942. The second-order valence-corrected chi connectivity index (χ2v) is 11.6. The lowest BCUT2D eigenvalue weighted by Crippen LogP contribution is -2.57. The van der Waals surface area contributed by atoms with E-state index in [1.807, 2.05) is 44.7 Å². The molecule has 1 aromatic carbocycles. The summed E-state index contributed by atoms with van der Waals surface area (Å²) in [6, 6.07) is 8.09. The molecule has 1 saturated heterocycles. The van der Waals surface area contributed by atoms with Crippen LogP contribution in [0.2, 0.25) is 5.02 Å². The molecule has 1 heterocycles. The molecule has 1 N–H and O–H groups in total. The summed E-state index contributed by atoms with van der Waals surface area (Å²) in [6.07, 6.45) is 2.98. The van der Waals surface area contributed by atoms with E-state index < -0.39 is 17.2 Å². The van der Waals surface area contributed by atoms with E-state index in [1.54, 1.807) is 0 Å². The fraction of sp³-hybridized carbons (Fsp3) is 0.680. The van der Waals surface area contributed by atoms with Gasteiger partial charge in [-0.05, 0) is 76.0 Å². The molecule has 3 atom stereocenters. The molecular weight excluding hydrogens is 412 g/mol. The van der Waals surface area contributed by atoms with Gasteiger partial charge in [-0.15, -0.1) is 0 Å². The van der Waals surface area contributed by atoms with E-state index in [-0.39, 0.29) is 17.2 Å². The zero-order chi connectivity index (χ0) is 23.0. The van der Waals surface area contributed by atoms with Crippen molar-refractivity contribution in [3.63, 3.8) is 0 Å². The molecule has 1 aromatic rings. The van der Waals surface area contributed by atoms with Crippen molar-refractivity contribution in [1.29, 1.82) is 0 Å². The van der Waals surface area contributed by atoms with Crippen LogP contribution in [-0.2, 0) is 9.53 Å². The lowest BCUT2D eigenvalue weighted by molar-refractivity contribution is -0.141. The van der Waals surface area contributed by atoms with E-state index in [0.717, 1.165) is 37.3 Å². The van der Waals surface area contributed by atoms with E-state index in [4.69, 9.17) is 16.3 Å². The molecule has 0 spiro atoms. The highest BCUT2D eigenvalue weighted by Gasteiger charge is 2.48. The van der Waals surface area contributed by atoms with Crippen molar-refractivity contribution in [2.75, 3.05) is 13.1 Å². The third-order valence-electron chi connectivity index (χ3n) is 6.86. The van der Waals surface area contributed by atoms with Crippen LogP contribution in [0, 0.1) is 11.3 Å². The minimum atomic E-state index is -0.573. The van der Waals surface area contributed by atoms with Gasteiger partial charge in [-0.3, -0.25) is 4.79 Å². The minimum Gasteiger partial charge on any atom is -0.444 e. The summed E-state index contributed by atoms with van der Waals surface area (Å²) < 4.78 is 5.46. The second-order valence-electron chi connectivity index (χ2n) is 11.1. The lowest BCUT2D eigenvalue weighted by Gasteiger charge is -2.46. The summed E-state index contributed by atoms with van der Waals surface area (Å²) in [4.78, 5) is 28.0. The number of piperidine rings is 1. The van der Waals surface area contributed by atoms with Gasteiger partial charge in [-0.25, -0.2) is 4.79 Å². The van der Waals surface area contributed by atoms with Gasteiger partial charge in [0.2, 0.25) is 5.91 Å². The fourth-order valence-electron chi connectivity index (χ4n) is 5.33. The van der Waals surface area contributed by atoms with Crippen molar-refractivity contribution in [1.82, 2.24) is 10.2 Å². The molecule has 2 fully saturated rings.